The molecule has 0 aliphatic carbocycles. The van der Waals surface area contributed by atoms with Gasteiger partial charge >= 0.3 is 6.18 Å². The monoisotopic (exact) mass is 466 g/mol. The average molecular weight is 466 g/mol. The van der Waals surface area contributed by atoms with E-state index in [9.17, 15) is 26.4 Å². The van der Waals surface area contributed by atoms with Gasteiger partial charge in [-0.3, -0.25) is 14.1 Å². The molecule has 1 aliphatic heterocycles. The molecule has 0 atom stereocenters. The first-order valence-electron chi connectivity index (χ1n) is 9.93. The van der Waals surface area contributed by atoms with Crippen LogP contribution in [0, 0.1) is 6.92 Å². The van der Waals surface area contributed by atoms with E-state index in [4.69, 9.17) is 0 Å². The Balaban J connectivity index is 1.47. The largest absolute Gasteiger partial charge is 0.416 e. The second-order valence-corrected chi connectivity index (χ2v) is 9.61. The van der Waals surface area contributed by atoms with Crippen molar-refractivity contribution in [3.63, 3.8) is 0 Å². The highest BCUT2D eigenvalue weighted by molar-refractivity contribution is 7.89. The van der Waals surface area contributed by atoms with Gasteiger partial charge in [-0.2, -0.15) is 17.5 Å². The van der Waals surface area contributed by atoms with Crippen LogP contribution < -0.4 is 5.56 Å². The molecule has 3 heterocycles. The number of nitrogens with zero attached hydrogens (tertiary/aromatic N) is 4. The van der Waals surface area contributed by atoms with E-state index < -0.39 is 21.8 Å². The quantitative estimate of drug-likeness (QED) is 0.591. The Morgan fingerprint density at radius 2 is 1.75 bits per heavy atom. The third kappa shape index (κ3) is 4.41. The molecule has 7 nitrogen and oxygen atoms in total. The number of halogens is 3. The Kier molecular flexibility index (Phi) is 5.82. The lowest BCUT2D eigenvalue weighted by Crippen LogP contribution is -2.48. The zero-order valence-corrected chi connectivity index (χ0v) is 18.0. The van der Waals surface area contributed by atoms with E-state index in [1.54, 1.807) is 12.3 Å². The molecule has 0 radical (unpaired) electrons. The van der Waals surface area contributed by atoms with Crippen molar-refractivity contribution in [2.75, 3.05) is 26.2 Å². The molecule has 0 spiro atoms. The third-order valence-corrected chi connectivity index (χ3v) is 7.35. The number of hydrogen-bond acceptors (Lipinski definition) is 5. The minimum Gasteiger partial charge on any atom is -0.295 e. The predicted molar refractivity (Wildman–Crippen MR) is 112 cm³/mol. The molecule has 3 aromatic rings. The number of aryl methyl sites for hydroxylation is 1. The van der Waals surface area contributed by atoms with Crippen LogP contribution >= 0.6 is 0 Å². The number of alkyl halides is 3. The van der Waals surface area contributed by atoms with Crippen molar-refractivity contribution in [3.8, 4) is 0 Å². The smallest absolute Gasteiger partial charge is 0.295 e. The molecule has 0 saturated carbocycles. The van der Waals surface area contributed by atoms with Crippen molar-refractivity contribution in [1.29, 1.82) is 0 Å². The Labute approximate surface area is 182 Å². The molecule has 4 rings (SSSR count). The van der Waals surface area contributed by atoms with E-state index in [0.717, 1.165) is 17.7 Å². The first-order valence-corrected chi connectivity index (χ1v) is 11.4. The molecule has 0 bridgehead atoms. The van der Waals surface area contributed by atoms with E-state index in [2.05, 4.69) is 4.98 Å². The molecule has 0 unspecified atom stereocenters. The molecule has 170 valence electrons. The standard InChI is InChI=1S/C21H21F3N4O3S/c1-15-4-3-7-28-19(29)13-17(25-20(15)28)14-26-8-10-27(11-9-26)32(30,31)18-6-2-5-16(12-18)21(22,23)24/h2-7,12-13H,8-11,14H2,1H3. The fourth-order valence-corrected chi connectivity index (χ4v) is 5.20. The van der Waals surface area contributed by atoms with E-state index >= 15 is 0 Å². The predicted octanol–water partition coefficient (Wildman–Crippen LogP) is 2.53. The van der Waals surface area contributed by atoms with Crippen LogP contribution in [-0.4, -0.2) is 53.2 Å². The van der Waals surface area contributed by atoms with Crippen LogP contribution in [0.25, 0.3) is 5.65 Å². The van der Waals surface area contributed by atoms with Gasteiger partial charge < -0.3 is 0 Å². The van der Waals surface area contributed by atoms with Crippen LogP contribution in [0.2, 0.25) is 0 Å². The van der Waals surface area contributed by atoms with Crippen molar-refractivity contribution in [1.82, 2.24) is 18.6 Å². The minimum atomic E-state index is -4.62. The maximum atomic E-state index is 13.0. The third-order valence-electron chi connectivity index (χ3n) is 5.46. The van der Waals surface area contributed by atoms with Crippen molar-refractivity contribution in [2.45, 2.75) is 24.5 Å². The van der Waals surface area contributed by atoms with Crippen molar-refractivity contribution < 1.29 is 21.6 Å². The van der Waals surface area contributed by atoms with Gasteiger partial charge in [-0.15, -0.1) is 0 Å². The Bertz CT molecular complexity index is 1310. The summed E-state index contributed by atoms with van der Waals surface area (Å²) in [6.07, 6.45) is -2.97. The highest BCUT2D eigenvalue weighted by Gasteiger charge is 2.34. The summed E-state index contributed by atoms with van der Waals surface area (Å²) in [5.41, 5.74) is 0.823. The maximum absolute atomic E-state index is 13.0. The molecule has 1 aliphatic rings. The number of benzene rings is 1. The topological polar surface area (TPSA) is 75.0 Å². The van der Waals surface area contributed by atoms with E-state index in [0.29, 0.717) is 37.0 Å². The number of sulfonamides is 1. The van der Waals surface area contributed by atoms with E-state index in [-0.39, 0.29) is 23.5 Å². The summed E-state index contributed by atoms with van der Waals surface area (Å²) >= 11 is 0. The lowest BCUT2D eigenvalue weighted by molar-refractivity contribution is -0.137. The van der Waals surface area contributed by atoms with Gasteiger partial charge in [0.15, 0.2) is 0 Å². The van der Waals surface area contributed by atoms with Crippen LogP contribution in [0.5, 0.6) is 0 Å². The number of piperazine rings is 1. The molecular weight excluding hydrogens is 445 g/mol. The number of rotatable bonds is 4. The second kappa shape index (κ2) is 8.30. The summed E-state index contributed by atoms with van der Waals surface area (Å²) in [6, 6.07) is 8.87. The number of pyridine rings is 1. The van der Waals surface area contributed by atoms with E-state index in [1.807, 2.05) is 17.9 Å². The van der Waals surface area contributed by atoms with Crippen LogP contribution in [0.1, 0.15) is 16.8 Å². The molecule has 0 N–H and O–H groups in total. The lowest BCUT2D eigenvalue weighted by Gasteiger charge is -2.33. The molecule has 32 heavy (non-hydrogen) atoms. The number of aromatic nitrogens is 2. The van der Waals surface area contributed by atoms with E-state index in [1.165, 1.54) is 20.8 Å². The van der Waals surface area contributed by atoms with Crippen LogP contribution in [0.4, 0.5) is 13.2 Å². The highest BCUT2D eigenvalue weighted by atomic mass is 32.2. The Morgan fingerprint density at radius 1 is 1.03 bits per heavy atom. The fraction of sp³-hybridized carbons (Fsp3) is 0.333. The second-order valence-electron chi connectivity index (χ2n) is 7.68. The Hall–Kier alpha value is -2.76. The first-order chi connectivity index (χ1) is 15.1. The van der Waals surface area contributed by atoms with Gasteiger partial charge in [0.05, 0.1) is 16.2 Å². The van der Waals surface area contributed by atoms with Gasteiger partial charge in [-0.1, -0.05) is 12.1 Å². The summed E-state index contributed by atoms with van der Waals surface area (Å²) in [5.74, 6) is 0. The molecule has 1 saturated heterocycles. The number of hydrogen-bond donors (Lipinski definition) is 0. The van der Waals surface area contributed by atoms with Gasteiger partial charge in [0.2, 0.25) is 10.0 Å². The van der Waals surface area contributed by atoms with Crippen LogP contribution in [-0.2, 0) is 22.7 Å². The Morgan fingerprint density at radius 3 is 2.44 bits per heavy atom. The summed E-state index contributed by atoms with van der Waals surface area (Å²) < 4.78 is 67.2. The lowest BCUT2D eigenvalue weighted by atomic mass is 10.2. The highest BCUT2D eigenvalue weighted by Crippen LogP contribution is 2.31. The number of fused-ring (bicyclic) bond motifs is 1. The van der Waals surface area contributed by atoms with Gasteiger partial charge in [0, 0.05) is 45.0 Å². The molecule has 1 fully saturated rings. The molecule has 11 heteroatoms. The van der Waals surface area contributed by atoms with Crippen molar-refractivity contribution >= 4 is 15.7 Å². The zero-order valence-electron chi connectivity index (χ0n) is 17.2. The maximum Gasteiger partial charge on any atom is 0.416 e. The molecular formula is C21H21F3N4O3S. The SMILES string of the molecule is Cc1cccn2c(=O)cc(CN3CCN(S(=O)(=O)c4cccc(C(F)(F)F)c4)CC3)nc12. The van der Waals surface area contributed by atoms with Crippen molar-refractivity contribution in [2.24, 2.45) is 0 Å². The van der Waals surface area contributed by atoms with Crippen molar-refractivity contribution in [3.05, 3.63) is 75.8 Å². The van der Waals surface area contributed by atoms with Crippen LogP contribution in [0.15, 0.2) is 58.4 Å². The molecule has 0 amide bonds. The summed E-state index contributed by atoms with van der Waals surface area (Å²) in [7, 11) is -4.04. The van der Waals surface area contributed by atoms with Gasteiger partial charge in [-0.05, 0) is 36.8 Å². The first kappa shape index (κ1) is 22.4. The summed E-state index contributed by atoms with van der Waals surface area (Å²) in [6.45, 7) is 3.23. The van der Waals surface area contributed by atoms with Gasteiger partial charge in [0.1, 0.15) is 5.65 Å². The average Bonchev–Trinajstić information content (AvgIpc) is 2.74. The molecule has 2 aromatic heterocycles. The minimum absolute atomic E-state index is 0.129. The van der Waals surface area contributed by atoms with Crippen LogP contribution in [0.3, 0.4) is 0 Å². The van der Waals surface area contributed by atoms with Gasteiger partial charge in [-0.25, -0.2) is 13.4 Å². The van der Waals surface area contributed by atoms with Gasteiger partial charge in [0.25, 0.3) is 5.56 Å². The fourth-order valence-electron chi connectivity index (χ4n) is 3.73. The zero-order chi connectivity index (χ0) is 23.1. The summed E-state index contributed by atoms with van der Waals surface area (Å²) in [4.78, 5) is 18.5. The molecule has 1 aromatic carbocycles. The normalized spacial score (nSPS) is 16.5. The summed E-state index contributed by atoms with van der Waals surface area (Å²) in [5, 5.41) is 0.